The highest BCUT2D eigenvalue weighted by molar-refractivity contribution is 9.10. The van der Waals surface area contributed by atoms with Crippen molar-refractivity contribution in [3.63, 3.8) is 0 Å². The van der Waals surface area contributed by atoms with Crippen LogP contribution in [0.25, 0.3) is 6.08 Å². The Labute approximate surface area is 99.3 Å². The van der Waals surface area contributed by atoms with Gasteiger partial charge in [-0.3, -0.25) is 0 Å². The van der Waals surface area contributed by atoms with Crippen LogP contribution >= 0.6 is 15.9 Å². The maximum Gasteiger partial charge on any atom is 0.130 e. The van der Waals surface area contributed by atoms with Gasteiger partial charge in [-0.2, -0.15) is 0 Å². The molecule has 1 aromatic rings. The monoisotopic (exact) mass is 269 g/mol. The number of hydrogen-bond donors (Lipinski definition) is 1. The summed E-state index contributed by atoms with van der Waals surface area (Å²) < 4.78 is 6.45. The zero-order valence-corrected chi connectivity index (χ0v) is 10.9. The van der Waals surface area contributed by atoms with Crippen LogP contribution in [-0.2, 0) is 0 Å². The lowest BCUT2D eigenvalue weighted by atomic mass is 10.0. The first-order chi connectivity index (χ1) is 7.11. The Morgan fingerprint density at radius 2 is 2.07 bits per heavy atom. The largest absolute Gasteiger partial charge is 0.496 e. The Balaban J connectivity index is 3.36. The lowest BCUT2D eigenvalue weighted by molar-refractivity contribution is 0.410. The van der Waals surface area contributed by atoms with Crippen LogP contribution in [0.15, 0.2) is 16.6 Å². The number of halogens is 1. The average Bonchev–Trinajstić information content (AvgIpc) is 2.21. The summed E-state index contributed by atoms with van der Waals surface area (Å²) in [5.74, 6) is 0.900. The molecule has 2 N–H and O–H groups in total. The van der Waals surface area contributed by atoms with E-state index in [0.29, 0.717) is 6.54 Å². The third kappa shape index (κ3) is 2.61. The Bertz CT molecular complexity index is 386. The van der Waals surface area contributed by atoms with Gasteiger partial charge in [0, 0.05) is 16.6 Å². The Hall–Kier alpha value is -0.800. The van der Waals surface area contributed by atoms with Gasteiger partial charge in [0.05, 0.1) is 7.11 Å². The van der Waals surface area contributed by atoms with E-state index < -0.39 is 0 Å². The van der Waals surface area contributed by atoms with Gasteiger partial charge >= 0.3 is 0 Å². The predicted molar refractivity (Wildman–Crippen MR) is 68.3 cm³/mol. The minimum absolute atomic E-state index is 0.530. The molecule has 0 radical (unpaired) electrons. The molecule has 0 aliphatic carbocycles. The highest BCUT2D eigenvalue weighted by Gasteiger charge is 2.10. The lowest BCUT2D eigenvalue weighted by Gasteiger charge is -2.12. The number of benzene rings is 1. The summed E-state index contributed by atoms with van der Waals surface area (Å²) >= 11 is 3.56. The topological polar surface area (TPSA) is 35.2 Å². The summed E-state index contributed by atoms with van der Waals surface area (Å²) in [6, 6.07) is 2.10. The van der Waals surface area contributed by atoms with Crippen molar-refractivity contribution >= 4 is 22.0 Å². The quantitative estimate of drug-likeness (QED) is 0.916. The van der Waals surface area contributed by atoms with Crippen molar-refractivity contribution in [1.29, 1.82) is 0 Å². The Morgan fingerprint density at radius 3 is 2.60 bits per heavy atom. The third-order valence-corrected chi connectivity index (χ3v) is 3.30. The molecule has 0 saturated carbocycles. The SMILES string of the molecule is COc1c(C)cc(C)c(Br)c1/C=C/CN. The van der Waals surface area contributed by atoms with Gasteiger partial charge < -0.3 is 10.5 Å². The molecule has 1 aromatic carbocycles. The van der Waals surface area contributed by atoms with E-state index in [9.17, 15) is 0 Å². The highest BCUT2D eigenvalue weighted by atomic mass is 79.9. The van der Waals surface area contributed by atoms with E-state index in [-0.39, 0.29) is 0 Å². The van der Waals surface area contributed by atoms with Gasteiger partial charge in [0.1, 0.15) is 5.75 Å². The van der Waals surface area contributed by atoms with Crippen LogP contribution in [0.3, 0.4) is 0 Å². The summed E-state index contributed by atoms with van der Waals surface area (Å²) in [5.41, 5.74) is 8.84. The van der Waals surface area contributed by atoms with Gasteiger partial charge in [-0.15, -0.1) is 0 Å². The van der Waals surface area contributed by atoms with Gasteiger partial charge in [0.25, 0.3) is 0 Å². The van der Waals surface area contributed by atoms with Gasteiger partial charge in [-0.25, -0.2) is 0 Å². The molecule has 2 nitrogen and oxygen atoms in total. The van der Waals surface area contributed by atoms with E-state index in [1.807, 2.05) is 19.1 Å². The Morgan fingerprint density at radius 1 is 1.40 bits per heavy atom. The summed E-state index contributed by atoms with van der Waals surface area (Å²) in [4.78, 5) is 0. The fraction of sp³-hybridized carbons (Fsp3) is 0.333. The minimum atomic E-state index is 0.530. The fourth-order valence-corrected chi connectivity index (χ4v) is 2.01. The van der Waals surface area contributed by atoms with Crippen molar-refractivity contribution in [1.82, 2.24) is 0 Å². The number of rotatable bonds is 3. The zero-order valence-electron chi connectivity index (χ0n) is 9.30. The summed E-state index contributed by atoms with van der Waals surface area (Å²) in [7, 11) is 1.68. The molecule has 0 saturated heterocycles. The molecule has 15 heavy (non-hydrogen) atoms. The van der Waals surface area contributed by atoms with E-state index in [0.717, 1.165) is 21.3 Å². The number of nitrogens with two attached hydrogens (primary N) is 1. The molecule has 0 fully saturated rings. The molecule has 0 amide bonds. The first kappa shape index (κ1) is 12.3. The molecular formula is C12H16BrNO. The number of hydrogen-bond acceptors (Lipinski definition) is 2. The second-order valence-corrected chi connectivity index (χ2v) is 4.20. The number of ether oxygens (including phenoxy) is 1. The molecule has 0 aliphatic heterocycles. The summed E-state index contributed by atoms with van der Waals surface area (Å²) in [6.45, 7) is 4.64. The van der Waals surface area contributed by atoms with Gasteiger partial charge in [0.2, 0.25) is 0 Å². The summed E-state index contributed by atoms with van der Waals surface area (Å²) in [5, 5.41) is 0. The second kappa shape index (κ2) is 5.33. The molecular weight excluding hydrogens is 254 g/mol. The molecule has 82 valence electrons. The van der Waals surface area contributed by atoms with Crippen LogP contribution in [0.1, 0.15) is 16.7 Å². The standard InChI is InChI=1S/C12H16BrNO/c1-8-7-9(2)12(15-3)10(11(8)13)5-4-6-14/h4-5,7H,6,14H2,1-3H3/b5-4+. The fourth-order valence-electron chi connectivity index (χ4n) is 1.58. The first-order valence-electron chi connectivity index (χ1n) is 4.82. The lowest BCUT2D eigenvalue weighted by Crippen LogP contribution is -1.96. The van der Waals surface area contributed by atoms with E-state index in [4.69, 9.17) is 10.5 Å². The summed E-state index contributed by atoms with van der Waals surface area (Å²) in [6.07, 6.45) is 3.91. The number of methoxy groups -OCH3 is 1. The third-order valence-electron chi connectivity index (χ3n) is 2.24. The Kier molecular flexibility index (Phi) is 4.36. The van der Waals surface area contributed by atoms with Gasteiger partial charge in [-0.05, 0) is 40.9 Å². The van der Waals surface area contributed by atoms with Crippen molar-refractivity contribution in [3.05, 3.63) is 33.3 Å². The van der Waals surface area contributed by atoms with Crippen LogP contribution in [0, 0.1) is 13.8 Å². The minimum Gasteiger partial charge on any atom is -0.496 e. The second-order valence-electron chi connectivity index (χ2n) is 3.41. The highest BCUT2D eigenvalue weighted by Crippen LogP contribution is 2.34. The maximum absolute atomic E-state index is 5.45. The molecule has 0 heterocycles. The van der Waals surface area contributed by atoms with E-state index in [2.05, 4.69) is 28.9 Å². The van der Waals surface area contributed by atoms with E-state index in [1.54, 1.807) is 7.11 Å². The molecule has 0 aliphatic rings. The maximum atomic E-state index is 5.45. The van der Waals surface area contributed by atoms with E-state index in [1.165, 1.54) is 5.56 Å². The van der Waals surface area contributed by atoms with Gasteiger partial charge in [0.15, 0.2) is 0 Å². The molecule has 0 unspecified atom stereocenters. The first-order valence-corrected chi connectivity index (χ1v) is 5.61. The van der Waals surface area contributed by atoms with Crippen LogP contribution in [-0.4, -0.2) is 13.7 Å². The molecule has 0 bridgehead atoms. The van der Waals surface area contributed by atoms with Crippen molar-refractivity contribution in [2.24, 2.45) is 5.73 Å². The van der Waals surface area contributed by atoms with E-state index >= 15 is 0 Å². The van der Waals surface area contributed by atoms with Crippen LogP contribution in [0.5, 0.6) is 5.75 Å². The van der Waals surface area contributed by atoms with Crippen LogP contribution in [0.4, 0.5) is 0 Å². The van der Waals surface area contributed by atoms with Crippen molar-refractivity contribution in [2.45, 2.75) is 13.8 Å². The average molecular weight is 270 g/mol. The van der Waals surface area contributed by atoms with Crippen molar-refractivity contribution in [2.75, 3.05) is 13.7 Å². The molecule has 0 aromatic heterocycles. The smallest absolute Gasteiger partial charge is 0.130 e. The predicted octanol–water partition coefficient (Wildman–Crippen LogP) is 3.05. The molecule has 0 spiro atoms. The van der Waals surface area contributed by atoms with Crippen molar-refractivity contribution < 1.29 is 4.74 Å². The van der Waals surface area contributed by atoms with Crippen molar-refractivity contribution in [3.8, 4) is 5.75 Å². The molecule has 1 rings (SSSR count). The molecule has 0 atom stereocenters. The number of aryl methyl sites for hydroxylation is 2. The van der Waals surface area contributed by atoms with Gasteiger partial charge in [-0.1, -0.05) is 18.2 Å². The zero-order chi connectivity index (χ0) is 11.4. The van der Waals surface area contributed by atoms with Crippen LogP contribution in [0.2, 0.25) is 0 Å². The molecule has 3 heteroatoms. The van der Waals surface area contributed by atoms with Crippen LogP contribution < -0.4 is 10.5 Å². The normalized spacial score (nSPS) is 11.0.